The van der Waals surface area contributed by atoms with Crippen LogP contribution in [-0.4, -0.2) is 43.6 Å². The first-order valence-electron chi connectivity index (χ1n) is 10.5. The van der Waals surface area contributed by atoms with Crippen molar-refractivity contribution in [3.05, 3.63) is 34.3 Å². The van der Waals surface area contributed by atoms with Gasteiger partial charge in [0.2, 0.25) is 5.78 Å². The highest BCUT2D eigenvalue weighted by atomic mass is 16.6. The molecular formula is C23H26O7. The highest BCUT2D eigenvalue weighted by Gasteiger charge is 2.62. The normalized spacial score (nSPS) is 36.7. The Labute approximate surface area is 174 Å². The maximum absolute atomic E-state index is 13.7. The van der Waals surface area contributed by atoms with Crippen LogP contribution in [0.5, 0.6) is 0 Å². The van der Waals surface area contributed by atoms with Gasteiger partial charge in [0.05, 0.1) is 12.0 Å². The molecule has 0 spiro atoms. The number of allylic oxidation sites excluding steroid dienone is 1. The molecule has 0 radical (unpaired) electrons. The maximum Gasteiger partial charge on any atom is 0.342 e. The zero-order valence-corrected chi connectivity index (χ0v) is 17.7. The number of furan rings is 1. The molecule has 5 rings (SSSR count). The topological polar surface area (TPSA) is 92.0 Å². The fourth-order valence-corrected chi connectivity index (χ4v) is 6.50. The molecule has 5 atom stereocenters. The second kappa shape index (κ2) is 6.30. The Morgan fingerprint density at radius 2 is 2.07 bits per heavy atom. The fraction of sp³-hybridized carbons (Fsp3) is 0.609. The van der Waals surface area contributed by atoms with Crippen LogP contribution in [0.3, 0.4) is 0 Å². The van der Waals surface area contributed by atoms with E-state index in [0.29, 0.717) is 17.6 Å². The molecule has 1 unspecified atom stereocenters. The van der Waals surface area contributed by atoms with E-state index >= 15 is 0 Å². The Bertz CT molecular complexity index is 1000. The number of Topliss-reactive ketones (excluding diaryl/α,β-unsaturated/α-hetero) is 1. The van der Waals surface area contributed by atoms with Crippen LogP contribution in [-0.2, 0) is 24.4 Å². The molecule has 1 aromatic heterocycles. The molecule has 2 heterocycles. The van der Waals surface area contributed by atoms with Crippen molar-refractivity contribution in [1.82, 2.24) is 0 Å². The fourth-order valence-electron chi connectivity index (χ4n) is 6.50. The van der Waals surface area contributed by atoms with Crippen LogP contribution in [0.2, 0.25) is 0 Å². The molecule has 3 aliphatic carbocycles. The van der Waals surface area contributed by atoms with Gasteiger partial charge in [0.25, 0.3) is 0 Å². The standard InChI is InChI=1S/C23H26O7/c1-11(24)29-14-8-22(2)7-5-6-13(22)16-18(14)23(3)15(10-27-4)30-21(26)12-9-28-20(17(12)23)19(16)25/h9,13-15H,5-8,10H2,1-4H3/t13?,14-,15-,22+,23+/m1/s1. The summed E-state index contributed by atoms with van der Waals surface area (Å²) < 4.78 is 22.7. The smallest absolute Gasteiger partial charge is 0.342 e. The second-order valence-corrected chi connectivity index (χ2v) is 9.46. The quantitative estimate of drug-likeness (QED) is 0.700. The van der Waals surface area contributed by atoms with Crippen LogP contribution in [0.15, 0.2) is 21.8 Å². The molecule has 1 saturated carbocycles. The number of fused-ring (bicyclic) bond motifs is 3. The first-order valence-corrected chi connectivity index (χ1v) is 10.5. The van der Waals surface area contributed by atoms with Gasteiger partial charge >= 0.3 is 11.9 Å². The Kier molecular flexibility index (Phi) is 4.10. The molecule has 0 aromatic carbocycles. The minimum absolute atomic E-state index is 0.0613. The van der Waals surface area contributed by atoms with Gasteiger partial charge < -0.3 is 18.6 Å². The average molecular weight is 414 g/mol. The summed E-state index contributed by atoms with van der Waals surface area (Å²) in [6, 6.07) is 0. The number of carbonyl (C=O) groups excluding carboxylic acids is 3. The van der Waals surface area contributed by atoms with Crippen LogP contribution in [0.25, 0.3) is 0 Å². The second-order valence-electron chi connectivity index (χ2n) is 9.46. The van der Waals surface area contributed by atoms with E-state index in [1.165, 1.54) is 13.2 Å². The molecule has 0 saturated heterocycles. The number of methoxy groups -OCH3 is 1. The molecule has 7 heteroatoms. The van der Waals surface area contributed by atoms with Crippen LogP contribution >= 0.6 is 0 Å². The molecule has 0 amide bonds. The van der Waals surface area contributed by atoms with E-state index in [-0.39, 0.29) is 35.0 Å². The summed E-state index contributed by atoms with van der Waals surface area (Å²) in [4.78, 5) is 38.4. The largest absolute Gasteiger partial charge is 0.460 e. The van der Waals surface area contributed by atoms with Gasteiger partial charge in [-0.25, -0.2) is 4.79 Å². The van der Waals surface area contributed by atoms with Gasteiger partial charge in [-0.2, -0.15) is 0 Å². The van der Waals surface area contributed by atoms with Crippen molar-refractivity contribution < 1.29 is 33.0 Å². The van der Waals surface area contributed by atoms with Gasteiger partial charge in [0.1, 0.15) is 24.0 Å². The summed E-state index contributed by atoms with van der Waals surface area (Å²) >= 11 is 0. The van der Waals surface area contributed by atoms with E-state index in [4.69, 9.17) is 18.6 Å². The first kappa shape index (κ1) is 19.5. The molecule has 160 valence electrons. The highest BCUT2D eigenvalue weighted by Crippen LogP contribution is 2.62. The average Bonchev–Trinajstić information content (AvgIpc) is 3.28. The Morgan fingerprint density at radius 3 is 2.77 bits per heavy atom. The molecule has 4 aliphatic rings. The molecule has 1 fully saturated rings. The molecule has 1 aliphatic heterocycles. The lowest BCUT2D eigenvalue weighted by atomic mass is 9.54. The molecule has 0 bridgehead atoms. The van der Waals surface area contributed by atoms with Crippen molar-refractivity contribution in [2.45, 2.75) is 64.1 Å². The number of ether oxygens (including phenoxy) is 3. The third kappa shape index (κ3) is 2.32. The molecule has 7 nitrogen and oxygen atoms in total. The summed E-state index contributed by atoms with van der Waals surface area (Å²) in [5.41, 5.74) is 1.26. The van der Waals surface area contributed by atoms with Crippen LogP contribution in [0.4, 0.5) is 0 Å². The van der Waals surface area contributed by atoms with Gasteiger partial charge in [0, 0.05) is 25.2 Å². The van der Waals surface area contributed by atoms with Crippen molar-refractivity contribution in [2.24, 2.45) is 11.3 Å². The zero-order valence-electron chi connectivity index (χ0n) is 17.7. The summed E-state index contributed by atoms with van der Waals surface area (Å²) in [6.07, 6.45) is 3.65. The number of hydrogen-bond acceptors (Lipinski definition) is 7. The van der Waals surface area contributed by atoms with Crippen molar-refractivity contribution in [1.29, 1.82) is 0 Å². The monoisotopic (exact) mass is 414 g/mol. The lowest BCUT2D eigenvalue weighted by Gasteiger charge is -2.52. The third-order valence-electron chi connectivity index (χ3n) is 7.75. The zero-order chi connectivity index (χ0) is 21.4. The predicted octanol–water partition coefficient (Wildman–Crippen LogP) is 3.36. The summed E-state index contributed by atoms with van der Waals surface area (Å²) in [6.45, 7) is 5.68. The Morgan fingerprint density at radius 1 is 1.30 bits per heavy atom. The van der Waals surface area contributed by atoms with Crippen LogP contribution in [0.1, 0.15) is 72.9 Å². The number of carbonyl (C=O) groups is 3. The predicted molar refractivity (Wildman–Crippen MR) is 104 cm³/mol. The van der Waals surface area contributed by atoms with Crippen molar-refractivity contribution in [3.63, 3.8) is 0 Å². The van der Waals surface area contributed by atoms with Gasteiger partial charge in [-0.3, -0.25) is 9.59 Å². The van der Waals surface area contributed by atoms with Gasteiger partial charge in [-0.05, 0) is 43.1 Å². The van der Waals surface area contributed by atoms with Crippen molar-refractivity contribution in [2.75, 3.05) is 13.7 Å². The van der Waals surface area contributed by atoms with E-state index in [2.05, 4.69) is 6.92 Å². The number of cyclic esters (lactones) is 1. The van der Waals surface area contributed by atoms with E-state index in [1.54, 1.807) is 7.11 Å². The number of esters is 2. The maximum atomic E-state index is 13.7. The van der Waals surface area contributed by atoms with Crippen molar-refractivity contribution >= 4 is 17.7 Å². The van der Waals surface area contributed by atoms with E-state index < -0.39 is 29.6 Å². The Balaban J connectivity index is 1.81. The van der Waals surface area contributed by atoms with E-state index in [9.17, 15) is 14.4 Å². The van der Waals surface area contributed by atoms with Gasteiger partial charge in [0.15, 0.2) is 5.76 Å². The van der Waals surface area contributed by atoms with Crippen LogP contribution < -0.4 is 0 Å². The number of hydrogen-bond donors (Lipinski definition) is 0. The highest BCUT2D eigenvalue weighted by molar-refractivity contribution is 6.13. The lowest BCUT2D eigenvalue weighted by Crippen LogP contribution is -2.56. The van der Waals surface area contributed by atoms with E-state index in [0.717, 1.165) is 24.8 Å². The summed E-state index contributed by atoms with van der Waals surface area (Å²) in [5.74, 6) is -0.836. The summed E-state index contributed by atoms with van der Waals surface area (Å²) in [5, 5.41) is 0. The minimum atomic E-state index is -0.866. The summed E-state index contributed by atoms with van der Waals surface area (Å²) in [7, 11) is 1.55. The van der Waals surface area contributed by atoms with E-state index in [1.807, 2.05) is 6.92 Å². The molecular weight excluding hydrogens is 388 g/mol. The SMILES string of the molecule is COC[C@H]1OC(=O)c2coc3c2[C@@]1(C)C1=C(C3=O)C2CCC[C@@]2(C)C[C@H]1OC(C)=O. The molecule has 1 aromatic rings. The number of rotatable bonds is 3. The molecule has 0 N–H and O–H groups in total. The van der Waals surface area contributed by atoms with Crippen molar-refractivity contribution in [3.8, 4) is 0 Å². The number of ketones is 1. The first-order chi connectivity index (χ1) is 14.2. The van der Waals surface area contributed by atoms with Gasteiger partial charge in [-0.15, -0.1) is 0 Å². The third-order valence-corrected chi connectivity index (χ3v) is 7.75. The van der Waals surface area contributed by atoms with Gasteiger partial charge in [-0.1, -0.05) is 13.3 Å². The Hall–Kier alpha value is -2.41. The lowest BCUT2D eigenvalue weighted by molar-refractivity contribution is -0.147. The minimum Gasteiger partial charge on any atom is -0.460 e. The molecule has 30 heavy (non-hydrogen) atoms. The van der Waals surface area contributed by atoms with Crippen LogP contribution in [0, 0.1) is 11.3 Å².